The zero-order valence-corrected chi connectivity index (χ0v) is 20.3. The third-order valence-corrected chi connectivity index (χ3v) is 9.87. The van der Waals surface area contributed by atoms with E-state index in [4.69, 9.17) is 14.9 Å². The van der Waals surface area contributed by atoms with Gasteiger partial charge in [0.25, 0.3) is 0 Å². The quantitative estimate of drug-likeness (QED) is 0.463. The van der Waals surface area contributed by atoms with Crippen LogP contribution in [0.2, 0.25) is 0 Å². The number of aliphatic hydroxyl groups is 3. The van der Waals surface area contributed by atoms with Gasteiger partial charge >= 0.3 is 5.97 Å². The van der Waals surface area contributed by atoms with Gasteiger partial charge in [-0.15, -0.1) is 0 Å². The molecule has 1 aromatic rings. The number of Topliss-reactive ketones (excluding diaryl/α,β-unsaturated/α-hetero) is 1. The normalized spacial score (nSPS) is 43.3. The average Bonchev–Trinajstić information content (AvgIpc) is 2.82. The summed E-state index contributed by atoms with van der Waals surface area (Å²) in [4.78, 5) is 23.5. The van der Waals surface area contributed by atoms with E-state index in [1.165, 1.54) is 5.57 Å². The van der Waals surface area contributed by atoms with Crippen molar-refractivity contribution in [3.63, 3.8) is 0 Å². The Morgan fingerprint density at radius 1 is 1.09 bits per heavy atom. The molecule has 0 aromatic heterocycles. The number of aliphatic hydroxyl groups excluding tert-OH is 3. The molecule has 0 bridgehead atoms. The molecule has 0 amide bonds. The molecular formula is C27H36O7. The summed E-state index contributed by atoms with van der Waals surface area (Å²) in [5.74, 6) is -0.164. The summed E-state index contributed by atoms with van der Waals surface area (Å²) >= 11 is 0. The van der Waals surface area contributed by atoms with Crippen molar-refractivity contribution in [3.8, 4) is 0 Å². The van der Waals surface area contributed by atoms with Crippen LogP contribution in [0.3, 0.4) is 0 Å². The van der Waals surface area contributed by atoms with Crippen molar-refractivity contribution in [2.24, 2.45) is 28.1 Å². The van der Waals surface area contributed by atoms with Gasteiger partial charge in [-0.3, -0.25) is 4.79 Å². The Balaban J connectivity index is 0.000000211. The molecule has 4 fully saturated rings. The van der Waals surface area contributed by atoms with Gasteiger partial charge in [-0.1, -0.05) is 30.7 Å². The van der Waals surface area contributed by atoms with Crippen molar-refractivity contribution in [3.05, 3.63) is 47.0 Å². The highest BCUT2D eigenvalue weighted by atomic mass is 16.5. The minimum absolute atomic E-state index is 0.0855. The summed E-state index contributed by atoms with van der Waals surface area (Å²) in [7, 11) is 1.00. The topological polar surface area (TPSA) is 124 Å². The maximum absolute atomic E-state index is 13.3. The summed E-state index contributed by atoms with van der Waals surface area (Å²) in [5, 5.41) is 37.2. The van der Waals surface area contributed by atoms with Gasteiger partial charge in [0.1, 0.15) is 6.10 Å². The fraction of sp³-hybridized carbons (Fsp3) is 0.630. The highest BCUT2D eigenvalue weighted by Gasteiger charge is 2.83. The fourth-order valence-electron chi connectivity index (χ4n) is 8.20. The van der Waals surface area contributed by atoms with E-state index < -0.39 is 23.6 Å². The van der Waals surface area contributed by atoms with Gasteiger partial charge in [0.2, 0.25) is 0 Å². The minimum Gasteiger partial charge on any atom is -0.478 e. The fourth-order valence-corrected chi connectivity index (χ4v) is 8.20. The molecule has 186 valence electrons. The van der Waals surface area contributed by atoms with E-state index in [0.29, 0.717) is 30.4 Å². The Bertz CT molecular complexity index is 1000. The van der Waals surface area contributed by atoms with Crippen LogP contribution < -0.4 is 0 Å². The van der Waals surface area contributed by atoms with Crippen LogP contribution in [0.15, 0.2) is 41.5 Å². The third kappa shape index (κ3) is 2.90. The lowest BCUT2D eigenvalue weighted by Gasteiger charge is -2.80. The van der Waals surface area contributed by atoms with Crippen molar-refractivity contribution in [1.29, 1.82) is 0 Å². The van der Waals surface area contributed by atoms with Crippen LogP contribution >= 0.6 is 0 Å². The van der Waals surface area contributed by atoms with Gasteiger partial charge in [0.15, 0.2) is 5.78 Å². The van der Waals surface area contributed by atoms with E-state index in [-0.39, 0.29) is 22.7 Å². The van der Waals surface area contributed by atoms with Crippen molar-refractivity contribution in [1.82, 2.24) is 0 Å². The van der Waals surface area contributed by atoms with Crippen LogP contribution in [0.4, 0.5) is 0 Å². The molecule has 1 aromatic carbocycles. The first-order valence-electron chi connectivity index (χ1n) is 12.1. The molecule has 4 N–H and O–H groups in total. The number of allylic oxidation sites excluding steroid dienone is 1. The second-order valence-corrected chi connectivity index (χ2v) is 10.7. The number of carbonyl (C=O) groups is 2. The second kappa shape index (κ2) is 8.55. The SMILES string of the molecule is CC1=C2[C@@H](O)C(=O)[C@]3(C)[C@@H](O)C[C@H]4OC[C@H]4C34CC(CC1)[C@]24C.CO.O=C(O)c1ccccc1. The Morgan fingerprint density at radius 3 is 2.26 bits per heavy atom. The zero-order valence-electron chi connectivity index (χ0n) is 20.3. The number of aromatic carboxylic acids is 1. The summed E-state index contributed by atoms with van der Waals surface area (Å²) in [6.07, 6.45) is 1.99. The van der Waals surface area contributed by atoms with Gasteiger partial charge < -0.3 is 25.2 Å². The molecule has 6 rings (SSSR count). The summed E-state index contributed by atoms with van der Waals surface area (Å²) in [5.41, 5.74) is 1.27. The number of ketones is 1. The Hall–Kier alpha value is -2.06. The van der Waals surface area contributed by atoms with Crippen LogP contribution in [0, 0.1) is 28.1 Å². The van der Waals surface area contributed by atoms with Crippen molar-refractivity contribution >= 4 is 11.8 Å². The monoisotopic (exact) mass is 472 g/mol. The van der Waals surface area contributed by atoms with Crippen LogP contribution in [-0.4, -0.2) is 64.2 Å². The Morgan fingerprint density at radius 2 is 1.74 bits per heavy atom. The molecule has 1 saturated heterocycles. The molecule has 8 atom stereocenters. The first-order chi connectivity index (χ1) is 16.1. The largest absolute Gasteiger partial charge is 0.478 e. The number of hydrogen-bond donors (Lipinski definition) is 4. The Kier molecular flexibility index (Phi) is 6.30. The lowest BCUT2D eigenvalue weighted by molar-refractivity contribution is -0.346. The number of fused-ring (bicyclic) bond motifs is 1. The summed E-state index contributed by atoms with van der Waals surface area (Å²) < 4.78 is 5.75. The molecular weight excluding hydrogens is 436 g/mol. The van der Waals surface area contributed by atoms with Crippen LogP contribution in [0.5, 0.6) is 0 Å². The molecule has 1 spiro atoms. The predicted molar refractivity (Wildman–Crippen MR) is 125 cm³/mol. The first kappa shape index (κ1) is 25.0. The average molecular weight is 473 g/mol. The number of carbonyl (C=O) groups excluding carboxylic acids is 1. The number of carboxylic acid groups (broad SMARTS) is 1. The summed E-state index contributed by atoms with van der Waals surface area (Å²) in [6, 6.07) is 8.30. The van der Waals surface area contributed by atoms with E-state index in [1.54, 1.807) is 30.3 Å². The van der Waals surface area contributed by atoms with E-state index in [0.717, 1.165) is 31.9 Å². The molecule has 3 saturated carbocycles. The van der Waals surface area contributed by atoms with E-state index in [9.17, 15) is 19.8 Å². The molecule has 4 aliphatic carbocycles. The van der Waals surface area contributed by atoms with E-state index >= 15 is 0 Å². The number of hydrogen-bond acceptors (Lipinski definition) is 6. The predicted octanol–water partition coefficient (Wildman–Crippen LogP) is 2.83. The molecule has 0 radical (unpaired) electrons. The minimum atomic E-state index is -1.03. The maximum Gasteiger partial charge on any atom is 0.335 e. The number of benzene rings is 1. The van der Waals surface area contributed by atoms with Crippen molar-refractivity contribution in [2.75, 3.05) is 13.7 Å². The number of rotatable bonds is 1. The first-order valence-corrected chi connectivity index (χ1v) is 12.1. The molecule has 2 unspecified atom stereocenters. The maximum atomic E-state index is 13.3. The van der Waals surface area contributed by atoms with Gasteiger partial charge in [-0.05, 0) is 56.7 Å². The second-order valence-electron chi connectivity index (χ2n) is 10.7. The highest BCUT2D eigenvalue weighted by molar-refractivity contribution is 5.95. The Labute approximate surface area is 200 Å². The highest BCUT2D eigenvalue weighted by Crippen LogP contribution is 2.82. The molecule has 1 heterocycles. The number of ether oxygens (including phenoxy) is 1. The summed E-state index contributed by atoms with van der Waals surface area (Å²) in [6.45, 7) is 6.97. The number of carboxylic acids is 1. The van der Waals surface area contributed by atoms with Crippen LogP contribution in [0.25, 0.3) is 0 Å². The standard InChI is InChI=1S/C19H26O4.C7H6O2.CH4O/c1-9-4-5-10-7-19-11-8-23-12(11)6-13(20)18(19,3)16(22)15(21)14(9)17(10,19)2;8-7(9)6-4-2-1-3-5-6;1-2/h10-13,15,20-21H,4-8H2,1-3H3;1-5H,(H,8,9);2H,1H3/t10?,11-,12-,13+,15-,17-,18+,19?;;/m1../s1. The van der Waals surface area contributed by atoms with Crippen molar-refractivity contribution in [2.45, 2.75) is 64.8 Å². The zero-order chi connectivity index (χ0) is 25.1. The smallest absolute Gasteiger partial charge is 0.335 e. The molecule has 5 aliphatic rings. The molecule has 34 heavy (non-hydrogen) atoms. The molecule has 7 heteroatoms. The van der Waals surface area contributed by atoms with Crippen molar-refractivity contribution < 1.29 is 34.8 Å². The van der Waals surface area contributed by atoms with Crippen LogP contribution in [0.1, 0.15) is 56.8 Å². The van der Waals surface area contributed by atoms with Crippen LogP contribution in [-0.2, 0) is 9.53 Å². The van der Waals surface area contributed by atoms with Gasteiger partial charge in [-0.25, -0.2) is 4.79 Å². The lowest BCUT2D eigenvalue weighted by Crippen LogP contribution is -2.83. The van der Waals surface area contributed by atoms with Gasteiger partial charge in [-0.2, -0.15) is 0 Å². The van der Waals surface area contributed by atoms with Gasteiger partial charge in [0.05, 0.1) is 29.8 Å². The lowest BCUT2D eigenvalue weighted by atomic mass is 9.24. The molecule has 7 nitrogen and oxygen atoms in total. The van der Waals surface area contributed by atoms with Gasteiger partial charge in [0, 0.05) is 30.3 Å². The molecule has 1 aliphatic heterocycles. The van der Waals surface area contributed by atoms with E-state index in [1.807, 2.05) is 6.92 Å². The third-order valence-electron chi connectivity index (χ3n) is 9.87. The van der Waals surface area contributed by atoms with E-state index in [2.05, 4.69) is 13.8 Å².